The van der Waals surface area contributed by atoms with Crippen LogP contribution in [0.4, 0.5) is 0 Å². The minimum Gasteiger partial charge on any atom is -0.445 e. The zero-order chi connectivity index (χ0) is 13.1. The molecule has 1 aliphatic carbocycles. The van der Waals surface area contributed by atoms with Crippen molar-refractivity contribution >= 4 is 0 Å². The third kappa shape index (κ3) is 2.87. The summed E-state index contributed by atoms with van der Waals surface area (Å²) in [6.45, 7) is 2.61. The Morgan fingerprint density at radius 3 is 3.05 bits per heavy atom. The van der Waals surface area contributed by atoms with Gasteiger partial charge in [-0.1, -0.05) is 12.8 Å². The molecule has 0 aromatic carbocycles. The quantitative estimate of drug-likeness (QED) is 0.917. The fourth-order valence-corrected chi connectivity index (χ4v) is 2.84. The van der Waals surface area contributed by atoms with E-state index in [1.165, 1.54) is 25.7 Å². The van der Waals surface area contributed by atoms with Gasteiger partial charge in [0.15, 0.2) is 0 Å². The molecule has 1 aliphatic rings. The highest BCUT2D eigenvalue weighted by Crippen LogP contribution is 2.28. The van der Waals surface area contributed by atoms with Crippen LogP contribution in [0.3, 0.4) is 0 Å². The Balaban J connectivity index is 1.64. The van der Waals surface area contributed by atoms with Crippen LogP contribution in [0.15, 0.2) is 29.1 Å². The summed E-state index contributed by atoms with van der Waals surface area (Å²) in [6.07, 6.45) is 10.6. The van der Waals surface area contributed by atoms with E-state index >= 15 is 0 Å². The highest BCUT2D eigenvalue weighted by Gasteiger charge is 2.26. The molecule has 0 bridgehead atoms. The molecular formula is C14H20N4O. The van der Waals surface area contributed by atoms with Gasteiger partial charge in [0.1, 0.15) is 5.76 Å². The lowest BCUT2D eigenvalue weighted by atomic mass is 9.90. The van der Waals surface area contributed by atoms with E-state index in [9.17, 15) is 0 Å². The first-order valence-corrected chi connectivity index (χ1v) is 6.97. The normalized spacial score (nSPS) is 23.6. The van der Waals surface area contributed by atoms with E-state index in [2.05, 4.69) is 26.3 Å². The molecule has 0 amide bonds. The first-order chi connectivity index (χ1) is 9.33. The van der Waals surface area contributed by atoms with Gasteiger partial charge in [0.05, 0.1) is 18.8 Å². The largest absolute Gasteiger partial charge is 0.445 e. The molecule has 5 nitrogen and oxygen atoms in total. The summed E-state index contributed by atoms with van der Waals surface area (Å²) in [6, 6.07) is 2.88. The van der Waals surface area contributed by atoms with Crippen LogP contribution in [0.25, 0.3) is 0 Å². The van der Waals surface area contributed by atoms with Crippen LogP contribution in [-0.2, 0) is 6.54 Å². The third-order valence-corrected chi connectivity index (χ3v) is 3.78. The van der Waals surface area contributed by atoms with E-state index in [-0.39, 0.29) is 0 Å². The molecule has 2 atom stereocenters. The Morgan fingerprint density at radius 1 is 1.42 bits per heavy atom. The van der Waals surface area contributed by atoms with Gasteiger partial charge in [-0.15, -0.1) is 0 Å². The Kier molecular flexibility index (Phi) is 3.64. The van der Waals surface area contributed by atoms with E-state index < -0.39 is 0 Å². The monoisotopic (exact) mass is 260 g/mol. The Hall–Kier alpha value is -1.62. The van der Waals surface area contributed by atoms with Crippen LogP contribution < -0.4 is 5.32 Å². The summed E-state index contributed by atoms with van der Waals surface area (Å²) < 4.78 is 7.59. The van der Waals surface area contributed by atoms with E-state index in [0.717, 1.165) is 11.7 Å². The summed E-state index contributed by atoms with van der Waals surface area (Å²) in [7, 11) is 0. The maximum Gasteiger partial charge on any atom is 0.208 e. The average Bonchev–Trinajstić information content (AvgIpc) is 3.08. The number of nitrogens with zero attached hydrogens (tertiary/aromatic N) is 3. The van der Waals surface area contributed by atoms with Crippen molar-refractivity contribution in [1.29, 1.82) is 0 Å². The van der Waals surface area contributed by atoms with Crippen molar-refractivity contribution in [2.45, 2.75) is 51.2 Å². The molecular weight excluding hydrogens is 240 g/mol. The average molecular weight is 260 g/mol. The summed E-state index contributed by atoms with van der Waals surface area (Å²) in [5.41, 5.74) is 0. The molecule has 19 heavy (non-hydrogen) atoms. The van der Waals surface area contributed by atoms with Crippen LogP contribution in [-0.4, -0.2) is 20.8 Å². The van der Waals surface area contributed by atoms with Crippen molar-refractivity contribution < 1.29 is 4.42 Å². The maximum atomic E-state index is 5.50. The number of hydrogen-bond donors (Lipinski definition) is 1. The molecule has 0 aliphatic heterocycles. The number of oxazole rings is 1. The predicted molar refractivity (Wildman–Crippen MR) is 71.6 cm³/mol. The number of aryl methyl sites for hydroxylation is 1. The lowest BCUT2D eigenvalue weighted by Gasteiger charge is -2.32. The van der Waals surface area contributed by atoms with E-state index in [0.29, 0.717) is 18.6 Å². The van der Waals surface area contributed by atoms with Gasteiger partial charge < -0.3 is 9.73 Å². The maximum absolute atomic E-state index is 5.50. The zero-order valence-corrected chi connectivity index (χ0v) is 11.2. The van der Waals surface area contributed by atoms with Gasteiger partial charge in [0.25, 0.3) is 0 Å². The minimum atomic E-state index is 0.444. The van der Waals surface area contributed by atoms with Crippen LogP contribution in [0.5, 0.6) is 0 Å². The van der Waals surface area contributed by atoms with Crippen LogP contribution >= 0.6 is 0 Å². The van der Waals surface area contributed by atoms with Gasteiger partial charge >= 0.3 is 0 Å². The van der Waals surface area contributed by atoms with Crippen molar-refractivity contribution in [2.75, 3.05) is 0 Å². The second-order valence-corrected chi connectivity index (χ2v) is 5.19. The molecule has 1 N–H and O–H groups in total. The molecule has 1 fully saturated rings. The van der Waals surface area contributed by atoms with E-state index in [4.69, 9.17) is 4.42 Å². The lowest BCUT2D eigenvalue weighted by molar-refractivity contribution is 0.239. The summed E-state index contributed by atoms with van der Waals surface area (Å²) in [4.78, 5) is 4.24. The Labute approximate surface area is 113 Å². The second-order valence-electron chi connectivity index (χ2n) is 5.19. The van der Waals surface area contributed by atoms with Crippen LogP contribution in [0, 0.1) is 6.92 Å². The number of aromatic nitrogens is 3. The fraction of sp³-hybridized carbons (Fsp3) is 0.571. The smallest absolute Gasteiger partial charge is 0.208 e. The van der Waals surface area contributed by atoms with Crippen molar-refractivity contribution in [3.63, 3.8) is 0 Å². The number of nitrogens with one attached hydrogen (secondary N) is 1. The predicted octanol–water partition coefficient (Wildman–Crippen LogP) is 2.45. The molecule has 2 heterocycles. The van der Waals surface area contributed by atoms with Gasteiger partial charge in [-0.05, 0) is 25.8 Å². The summed E-state index contributed by atoms with van der Waals surface area (Å²) in [5.74, 6) is 1.63. The third-order valence-electron chi connectivity index (χ3n) is 3.78. The second kappa shape index (κ2) is 5.57. The SMILES string of the molecule is Cc1cnc(CN[C@H]2CCCC[C@H]2n2cccn2)o1. The molecule has 2 aromatic heterocycles. The Morgan fingerprint density at radius 2 is 2.32 bits per heavy atom. The number of rotatable bonds is 4. The van der Waals surface area contributed by atoms with Crippen LogP contribution in [0.1, 0.15) is 43.4 Å². The van der Waals surface area contributed by atoms with Crippen molar-refractivity contribution in [3.05, 3.63) is 36.3 Å². The first-order valence-electron chi connectivity index (χ1n) is 6.97. The first kappa shape index (κ1) is 12.4. The lowest BCUT2D eigenvalue weighted by Crippen LogP contribution is -2.39. The molecule has 2 aromatic rings. The van der Waals surface area contributed by atoms with Gasteiger partial charge in [-0.2, -0.15) is 5.10 Å². The van der Waals surface area contributed by atoms with E-state index in [1.807, 2.05) is 19.2 Å². The van der Waals surface area contributed by atoms with Gasteiger partial charge in [-0.3, -0.25) is 4.68 Å². The van der Waals surface area contributed by atoms with Crippen molar-refractivity contribution in [2.24, 2.45) is 0 Å². The van der Waals surface area contributed by atoms with Gasteiger partial charge in [0.2, 0.25) is 5.89 Å². The summed E-state index contributed by atoms with van der Waals surface area (Å²) in [5, 5.41) is 7.96. The standard InChI is InChI=1S/C14H20N4O/c1-11-9-16-14(19-11)10-15-12-5-2-3-6-13(12)18-8-4-7-17-18/h4,7-9,12-13,15H,2-3,5-6,10H2,1H3/t12-,13+/m0/s1. The molecule has 0 saturated heterocycles. The molecule has 1 saturated carbocycles. The molecule has 0 radical (unpaired) electrons. The Bertz CT molecular complexity index is 505. The molecule has 102 valence electrons. The summed E-state index contributed by atoms with van der Waals surface area (Å²) >= 11 is 0. The minimum absolute atomic E-state index is 0.444. The van der Waals surface area contributed by atoms with Crippen molar-refractivity contribution in [3.8, 4) is 0 Å². The molecule has 3 rings (SSSR count). The molecule has 0 spiro atoms. The topological polar surface area (TPSA) is 55.9 Å². The van der Waals surface area contributed by atoms with Crippen LogP contribution in [0.2, 0.25) is 0 Å². The molecule has 5 heteroatoms. The van der Waals surface area contributed by atoms with Crippen molar-refractivity contribution in [1.82, 2.24) is 20.1 Å². The zero-order valence-electron chi connectivity index (χ0n) is 11.2. The fourth-order valence-electron chi connectivity index (χ4n) is 2.84. The van der Waals surface area contributed by atoms with Gasteiger partial charge in [-0.25, -0.2) is 4.98 Å². The highest BCUT2D eigenvalue weighted by atomic mass is 16.4. The van der Waals surface area contributed by atoms with Gasteiger partial charge in [0, 0.05) is 18.4 Å². The molecule has 0 unspecified atom stereocenters. The van der Waals surface area contributed by atoms with E-state index in [1.54, 1.807) is 6.20 Å². The highest BCUT2D eigenvalue weighted by molar-refractivity contribution is 4.93. The number of hydrogen-bond acceptors (Lipinski definition) is 4.